The van der Waals surface area contributed by atoms with Crippen molar-refractivity contribution in [2.75, 3.05) is 11.4 Å². The Balaban J connectivity index is 1.46. The molecule has 1 heterocycles. The molecule has 0 aliphatic rings. The number of nitro groups is 1. The molecule has 9 heteroatoms. The van der Waals surface area contributed by atoms with Crippen LogP contribution in [0.25, 0.3) is 10.9 Å². The summed E-state index contributed by atoms with van der Waals surface area (Å²) in [6, 6.07) is 18.2. The Kier molecular flexibility index (Phi) is 7.07. The molecular formula is C27H22N4O5. The number of carbonyl (C=O) groups is 1. The number of hydrogen-bond acceptors (Lipinski definition) is 7. The second-order valence-electron chi connectivity index (χ2n) is 8.11. The van der Waals surface area contributed by atoms with E-state index in [0.717, 1.165) is 11.3 Å². The van der Waals surface area contributed by atoms with E-state index in [9.17, 15) is 19.7 Å². The summed E-state index contributed by atoms with van der Waals surface area (Å²) in [5.74, 6) is 2.64. The standard InChI is InChI=1S/C27H22N4O5/c1-3-13-30(16-19-7-12-25-24(15-19)26(32)29-18(2)28-25)22-10-8-21(9-11-22)27(33)36-17-20-5-4-6-23(14-20)31(34)35/h1,4-12,14-15H,13,16-17H2,2H3,(H,28,29,32). The molecule has 0 aliphatic heterocycles. The number of hydrogen-bond donors (Lipinski definition) is 1. The second kappa shape index (κ2) is 10.5. The van der Waals surface area contributed by atoms with E-state index >= 15 is 0 Å². The lowest BCUT2D eigenvalue weighted by atomic mass is 10.1. The molecule has 0 amide bonds. The smallest absolute Gasteiger partial charge is 0.338 e. The van der Waals surface area contributed by atoms with Gasteiger partial charge in [0.1, 0.15) is 12.4 Å². The molecule has 3 aromatic carbocycles. The fourth-order valence-electron chi connectivity index (χ4n) is 3.77. The van der Waals surface area contributed by atoms with E-state index in [-0.39, 0.29) is 17.9 Å². The lowest BCUT2D eigenvalue weighted by Gasteiger charge is -2.23. The Bertz CT molecular complexity index is 1540. The van der Waals surface area contributed by atoms with E-state index in [1.54, 1.807) is 55.5 Å². The average Bonchev–Trinajstić information content (AvgIpc) is 2.87. The molecule has 0 spiro atoms. The molecule has 0 radical (unpaired) electrons. The number of esters is 1. The first-order chi connectivity index (χ1) is 17.3. The van der Waals surface area contributed by atoms with Crippen LogP contribution in [-0.2, 0) is 17.9 Å². The molecule has 0 saturated carbocycles. The van der Waals surface area contributed by atoms with E-state index in [4.69, 9.17) is 11.2 Å². The van der Waals surface area contributed by atoms with Crippen LogP contribution in [0.4, 0.5) is 11.4 Å². The third-order valence-electron chi connectivity index (χ3n) is 5.50. The molecule has 0 atom stereocenters. The number of nitrogens with zero attached hydrogens (tertiary/aromatic N) is 3. The average molecular weight is 482 g/mol. The van der Waals surface area contributed by atoms with Gasteiger partial charge >= 0.3 is 5.97 Å². The highest BCUT2D eigenvalue weighted by Crippen LogP contribution is 2.21. The van der Waals surface area contributed by atoms with Crippen molar-refractivity contribution in [2.45, 2.75) is 20.1 Å². The maximum absolute atomic E-state index is 12.5. The minimum absolute atomic E-state index is 0.0658. The van der Waals surface area contributed by atoms with Gasteiger partial charge in [-0.15, -0.1) is 6.42 Å². The summed E-state index contributed by atoms with van der Waals surface area (Å²) in [5.41, 5.74) is 2.89. The number of terminal acetylenes is 1. The molecule has 4 rings (SSSR count). The van der Waals surface area contributed by atoms with Gasteiger partial charge in [0.05, 0.1) is 27.9 Å². The molecule has 9 nitrogen and oxygen atoms in total. The third kappa shape index (κ3) is 5.56. The van der Waals surface area contributed by atoms with Gasteiger partial charge in [-0.1, -0.05) is 24.1 Å². The van der Waals surface area contributed by atoms with Gasteiger partial charge in [0.15, 0.2) is 0 Å². The number of H-pyrrole nitrogens is 1. The van der Waals surface area contributed by atoms with Gasteiger partial charge in [-0.3, -0.25) is 14.9 Å². The van der Waals surface area contributed by atoms with E-state index in [1.165, 1.54) is 12.1 Å². The highest BCUT2D eigenvalue weighted by molar-refractivity contribution is 5.89. The van der Waals surface area contributed by atoms with Crippen LogP contribution >= 0.6 is 0 Å². The van der Waals surface area contributed by atoms with E-state index in [0.29, 0.717) is 40.9 Å². The molecule has 180 valence electrons. The predicted octanol–water partition coefficient (Wildman–Crippen LogP) is 4.14. The summed E-state index contributed by atoms with van der Waals surface area (Å²) < 4.78 is 5.31. The number of carbonyl (C=O) groups excluding carboxylic acids is 1. The lowest BCUT2D eigenvalue weighted by Crippen LogP contribution is -2.23. The SMILES string of the molecule is C#CCN(Cc1ccc2nc(C)[nH]c(=O)c2c1)c1ccc(C(=O)OCc2cccc([N+](=O)[O-])c2)cc1. The lowest BCUT2D eigenvalue weighted by molar-refractivity contribution is -0.384. The summed E-state index contributed by atoms with van der Waals surface area (Å²) in [5, 5.41) is 11.4. The summed E-state index contributed by atoms with van der Waals surface area (Å²) >= 11 is 0. The van der Waals surface area contributed by atoms with Crippen molar-refractivity contribution < 1.29 is 14.5 Å². The third-order valence-corrected chi connectivity index (χ3v) is 5.50. The van der Waals surface area contributed by atoms with Crippen LogP contribution in [0.3, 0.4) is 0 Å². The topological polar surface area (TPSA) is 118 Å². The van der Waals surface area contributed by atoms with Crippen LogP contribution in [0.5, 0.6) is 0 Å². The van der Waals surface area contributed by atoms with E-state index in [1.807, 2.05) is 11.0 Å². The molecule has 0 fully saturated rings. The maximum atomic E-state index is 12.5. The van der Waals surface area contributed by atoms with Crippen LogP contribution in [0.1, 0.15) is 27.3 Å². The molecule has 0 bridgehead atoms. The van der Waals surface area contributed by atoms with Crippen LogP contribution < -0.4 is 10.5 Å². The number of aromatic amines is 1. The van der Waals surface area contributed by atoms with Crippen LogP contribution in [-0.4, -0.2) is 27.4 Å². The highest BCUT2D eigenvalue weighted by atomic mass is 16.6. The fourth-order valence-corrected chi connectivity index (χ4v) is 3.77. The monoisotopic (exact) mass is 482 g/mol. The molecule has 1 aromatic heterocycles. The van der Waals surface area contributed by atoms with Gasteiger partial charge in [0.25, 0.3) is 11.2 Å². The van der Waals surface area contributed by atoms with Crippen LogP contribution in [0, 0.1) is 29.4 Å². The van der Waals surface area contributed by atoms with Crippen molar-refractivity contribution in [3.05, 3.63) is 110 Å². The van der Waals surface area contributed by atoms with Gasteiger partial charge in [-0.05, 0) is 54.4 Å². The summed E-state index contributed by atoms with van der Waals surface area (Å²) in [6.07, 6.45) is 5.58. The largest absolute Gasteiger partial charge is 0.457 e. The zero-order valence-corrected chi connectivity index (χ0v) is 19.4. The second-order valence-corrected chi connectivity index (χ2v) is 8.11. The maximum Gasteiger partial charge on any atom is 0.338 e. The number of nitrogens with one attached hydrogen (secondary N) is 1. The molecule has 1 N–H and O–H groups in total. The summed E-state index contributed by atoms with van der Waals surface area (Å²) in [7, 11) is 0. The summed E-state index contributed by atoms with van der Waals surface area (Å²) in [4.78, 5) is 44.2. The minimum atomic E-state index is -0.548. The number of benzene rings is 3. The number of rotatable bonds is 8. The Morgan fingerprint density at radius 1 is 1.14 bits per heavy atom. The zero-order valence-electron chi connectivity index (χ0n) is 19.4. The van der Waals surface area contributed by atoms with Gasteiger partial charge in [0, 0.05) is 24.4 Å². The van der Waals surface area contributed by atoms with Crippen molar-refractivity contribution in [2.24, 2.45) is 0 Å². The summed E-state index contributed by atoms with van der Waals surface area (Å²) in [6.45, 7) is 2.42. The number of nitro benzene ring substituents is 1. The van der Waals surface area contributed by atoms with Crippen molar-refractivity contribution in [3.8, 4) is 12.3 Å². The van der Waals surface area contributed by atoms with E-state index in [2.05, 4.69) is 15.9 Å². The van der Waals surface area contributed by atoms with Crippen molar-refractivity contribution in [1.29, 1.82) is 0 Å². The number of non-ortho nitro benzene ring substituents is 1. The molecule has 4 aromatic rings. The van der Waals surface area contributed by atoms with Crippen molar-refractivity contribution in [3.63, 3.8) is 0 Å². The Morgan fingerprint density at radius 2 is 1.92 bits per heavy atom. The van der Waals surface area contributed by atoms with Gasteiger partial charge in [-0.2, -0.15) is 0 Å². The number of fused-ring (bicyclic) bond motifs is 1. The van der Waals surface area contributed by atoms with Gasteiger partial charge < -0.3 is 14.6 Å². The minimum Gasteiger partial charge on any atom is -0.457 e. The highest BCUT2D eigenvalue weighted by Gasteiger charge is 2.13. The predicted molar refractivity (Wildman–Crippen MR) is 136 cm³/mol. The number of anilines is 1. The first-order valence-corrected chi connectivity index (χ1v) is 11.0. The first kappa shape index (κ1) is 24.2. The Labute approximate surface area is 206 Å². The molecular weight excluding hydrogens is 460 g/mol. The Morgan fingerprint density at radius 3 is 2.64 bits per heavy atom. The van der Waals surface area contributed by atoms with Crippen molar-refractivity contribution in [1.82, 2.24) is 9.97 Å². The number of ether oxygens (including phenoxy) is 1. The van der Waals surface area contributed by atoms with Crippen LogP contribution in [0.15, 0.2) is 71.5 Å². The van der Waals surface area contributed by atoms with Gasteiger partial charge in [-0.25, -0.2) is 9.78 Å². The number of aromatic nitrogens is 2. The van der Waals surface area contributed by atoms with Gasteiger partial charge in [0.2, 0.25) is 0 Å². The Hall–Kier alpha value is -4.97. The molecule has 0 aliphatic carbocycles. The zero-order chi connectivity index (χ0) is 25.7. The first-order valence-electron chi connectivity index (χ1n) is 11.0. The van der Waals surface area contributed by atoms with Crippen molar-refractivity contribution >= 4 is 28.2 Å². The molecule has 0 saturated heterocycles. The fraction of sp³-hybridized carbons (Fsp3) is 0.148. The van der Waals surface area contributed by atoms with E-state index < -0.39 is 10.9 Å². The molecule has 36 heavy (non-hydrogen) atoms. The molecule has 0 unspecified atom stereocenters. The quantitative estimate of drug-likeness (QED) is 0.174. The number of aryl methyl sites for hydroxylation is 1. The van der Waals surface area contributed by atoms with Crippen LogP contribution in [0.2, 0.25) is 0 Å². The normalized spacial score (nSPS) is 10.6.